The monoisotopic (exact) mass is 286 g/mol. The first kappa shape index (κ1) is 14.2. The molecule has 0 atom stereocenters. The first-order valence-corrected chi connectivity index (χ1v) is 5.82. The number of nitrogens with one attached hydrogen (secondary N) is 1. The SMILES string of the molecule is Cn1nncc1CNc1ccccc1OCC(F)(F)F. The first-order chi connectivity index (χ1) is 9.46. The molecule has 0 unspecified atom stereocenters. The molecule has 2 rings (SSSR count). The molecule has 0 bridgehead atoms. The van der Waals surface area contributed by atoms with Crippen molar-refractivity contribution in [1.82, 2.24) is 15.0 Å². The zero-order valence-electron chi connectivity index (χ0n) is 10.7. The second kappa shape index (κ2) is 5.81. The number of hydrogen-bond donors (Lipinski definition) is 1. The van der Waals surface area contributed by atoms with Crippen molar-refractivity contribution in [3.8, 4) is 5.75 Å². The van der Waals surface area contributed by atoms with Gasteiger partial charge in [-0.25, -0.2) is 0 Å². The fraction of sp³-hybridized carbons (Fsp3) is 0.333. The molecule has 0 aliphatic rings. The van der Waals surface area contributed by atoms with Gasteiger partial charge in [-0.2, -0.15) is 13.2 Å². The number of rotatable bonds is 5. The number of benzene rings is 1. The molecular weight excluding hydrogens is 273 g/mol. The smallest absolute Gasteiger partial charge is 0.422 e. The van der Waals surface area contributed by atoms with Crippen molar-refractivity contribution in [1.29, 1.82) is 0 Å². The summed E-state index contributed by atoms with van der Waals surface area (Å²) in [5, 5.41) is 10.5. The lowest BCUT2D eigenvalue weighted by Crippen LogP contribution is -2.19. The van der Waals surface area contributed by atoms with Crippen LogP contribution < -0.4 is 10.1 Å². The second-order valence-electron chi connectivity index (χ2n) is 4.10. The third kappa shape index (κ3) is 3.87. The minimum Gasteiger partial charge on any atom is -0.482 e. The molecule has 1 N–H and O–H groups in total. The van der Waals surface area contributed by atoms with E-state index in [0.717, 1.165) is 5.69 Å². The molecular formula is C12H13F3N4O. The highest BCUT2D eigenvalue weighted by molar-refractivity contribution is 5.56. The van der Waals surface area contributed by atoms with Crippen LogP contribution in [0.5, 0.6) is 5.75 Å². The highest BCUT2D eigenvalue weighted by Crippen LogP contribution is 2.26. The van der Waals surface area contributed by atoms with Gasteiger partial charge < -0.3 is 10.1 Å². The molecule has 0 saturated heterocycles. The molecule has 0 fully saturated rings. The second-order valence-corrected chi connectivity index (χ2v) is 4.10. The van der Waals surface area contributed by atoms with E-state index in [-0.39, 0.29) is 5.75 Å². The van der Waals surface area contributed by atoms with Crippen molar-refractivity contribution in [3.63, 3.8) is 0 Å². The van der Waals surface area contributed by atoms with E-state index in [9.17, 15) is 13.2 Å². The fourth-order valence-corrected chi connectivity index (χ4v) is 1.55. The lowest BCUT2D eigenvalue weighted by molar-refractivity contribution is -0.153. The molecule has 0 saturated carbocycles. The van der Waals surface area contributed by atoms with Gasteiger partial charge in [0.2, 0.25) is 0 Å². The van der Waals surface area contributed by atoms with Crippen LogP contribution in [0.1, 0.15) is 5.69 Å². The Morgan fingerprint density at radius 3 is 2.70 bits per heavy atom. The molecule has 2 aromatic rings. The third-order valence-corrected chi connectivity index (χ3v) is 2.55. The Balaban J connectivity index is 2.02. The molecule has 20 heavy (non-hydrogen) atoms. The average Bonchev–Trinajstić information content (AvgIpc) is 2.79. The summed E-state index contributed by atoms with van der Waals surface area (Å²) in [7, 11) is 1.73. The Labute approximate surface area is 113 Å². The minimum atomic E-state index is -4.36. The van der Waals surface area contributed by atoms with Crippen LogP contribution in [-0.2, 0) is 13.6 Å². The normalized spacial score (nSPS) is 11.4. The van der Waals surface area contributed by atoms with Gasteiger partial charge >= 0.3 is 6.18 Å². The Hall–Kier alpha value is -2.25. The van der Waals surface area contributed by atoms with Crippen LogP contribution in [-0.4, -0.2) is 27.8 Å². The zero-order valence-corrected chi connectivity index (χ0v) is 10.7. The van der Waals surface area contributed by atoms with Gasteiger partial charge in [0.05, 0.1) is 24.1 Å². The summed E-state index contributed by atoms with van der Waals surface area (Å²) in [5.74, 6) is 0.153. The van der Waals surface area contributed by atoms with E-state index in [0.29, 0.717) is 12.2 Å². The first-order valence-electron chi connectivity index (χ1n) is 5.82. The lowest BCUT2D eigenvalue weighted by Gasteiger charge is -2.14. The van der Waals surface area contributed by atoms with Gasteiger partial charge in [0.25, 0.3) is 0 Å². The quantitative estimate of drug-likeness (QED) is 0.916. The van der Waals surface area contributed by atoms with Crippen LogP contribution in [0.2, 0.25) is 0 Å². The van der Waals surface area contributed by atoms with Crippen LogP contribution in [0.15, 0.2) is 30.5 Å². The number of anilines is 1. The van der Waals surface area contributed by atoms with Gasteiger partial charge in [0, 0.05) is 7.05 Å². The van der Waals surface area contributed by atoms with Crippen molar-refractivity contribution >= 4 is 5.69 Å². The van der Waals surface area contributed by atoms with Crippen molar-refractivity contribution in [2.45, 2.75) is 12.7 Å². The molecule has 0 aliphatic carbocycles. The van der Waals surface area contributed by atoms with Gasteiger partial charge in [-0.15, -0.1) is 5.10 Å². The average molecular weight is 286 g/mol. The Morgan fingerprint density at radius 1 is 1.30 bits per heavy atom. The molecule has 1 aromatic carbocycles. The van der Waals surface area contributed by atoms with Crippen LogP contribution in [0.25, 0.3) is 0 Å². The zero-order chi connectivity index (χ0) is 14.6. The Kier molecular flexibility index (Phi) is 4.11. The highest BCUT2D eigenvalue weighted by atomic mass is 19.4. The standard InChI is InChI=1S/C12H13F3N4O/c1-19-9(7-17-18-19)6-16-10-4-2-3-5-11(10)20-8-12(13,14)15/h2-5,7,16H,6,8H2,1H3. The van der Waals surface area contributed by atoms with Crippen molar-refractivity contribution in [2.75, 3.05) is 11.9 Å². The summed E-state index contributed by atoms with van der Waals surface area (Å²) in [6.45, 7) is -0.936. The summed E-state index contributed by atoms with van der Waals surface area (Å²) in [6.07, 6.45) is -2.79. The fourth-order valence-electron chi connectivity index (χ4n) is 1.55. The molecule has 5 nitrogen and oxygen atoms in total. The molecule has 108 valence electrons. The summed E-state index contributed by atoms with van der Waals surface area (Å²) in [4.78, 5) is 0. The van der Waals surface area contributed by atoms with Gasteiger partial charge in [-0.1, -0.05) is 17.3 Å². The predicted octanol–water partition coefficient (Wildman–Crippen LogP) is 2.37. The number of nitrogens with zero attached hydrogens (tertiary/aromatic N) is 3. The maximum absolute atomic E-state index is 12.2. The Morgan fingerprint density at radius 2 is 2.05 bits per heavy atom. The van der Waals surface area contributed by atoms with E-state index in [1.165, 1.54) is 6.07 Å². The number of para-hydroxylation sites is 2. The summed E-state index contributed by atoms with van der Waals surface area (Å²) in [5.41, 5.74) is 1.29. The van der Waals surface area contributed by atoms with E-state index >= 15 is 0 Å². The molecule has 8 heteroatoms. The number of hydrogen-bond acceptors (Lipinski definition) is 4. The van der Waals surface area contributed by atoms with E-state index in [1.807, 2.05) is 0 Å². The third-order valence-electron chi connectivity index (χ3n) is 2.55. The largest absolute Gasteiger partial charge is 0.482 e. The number of ether oxygens (including phenoxy) is 1. The number of alkyl halides is 3. The molecule has 0 aliphatic heterocycles. The summed E-state index contributed by atoms with van der Waals surface area (Å²) in [6, 6.07) is 6.46. The summed E-state index contributed by atoms with van der Waals surface area (Å²) >= 11 is 0. The van der Waals surface area contributed by atoms with Gasteiger partial charge in [0.1, 0.15) is 5.75 Å². The van der Waals surface area contributed by atoms with Gasteiger partial charge in [-0.05, 0) is 12.1 Å². The van der Waals surface area contributed by atoms with Gasteiger partial charge in [0.15, 0.2) is 6.61 Å². The highest BCUT2D eigenvalue weighted by Gasteiger charge is 2.28. The van der Waals surface area contributed by atoms with E-state index in [1.54, 1.807) is 36.1 Å². The van der Waals surface area contributed by atoms with Gasteiger partial charge in [-0.3, -0.25) is 4.68 Å². The lowest BCUT2D eigenvalue weighted by atomic mass is 10.3. The molecule has 0 radical (unpaired) electrons. The van der Waals surface area contributed by atoms with E-state index in [2.05, 4.69) is 15.6 Å². The molecule has 0 spiro atoms. The van der Waals surface area contributed by atoms with Crippen LogP contribution >= 0.6 is 0 Å². The van der Waals surface area contributed by atoms with Crippen molar-refractivity contribution < 1.29 is 17.9 Å². The van der Waals surface area contributed by atoms with E-state index in [4.69, 9.17) is 4.74 Å². The molecule has 1 heterocycles. The minimum absolute atomic E-state index is 0.153. The number of halogens is 3. The maximum atomic E-state index is 12.2. The van der Waals surface area contributed by atoms with Crippen molar-refractivity contribution in [3.05, 3.63) is 36.2 Å². The predicted molar refractivity (Wildman–Crippen MR) is 66.3 cm³/mol. The molecule has 0 amide bonds. The van der Waals surface area contributed by atoms with E-state index < -0.39 is 12.8 Å². The van der Waals surface area contributed by atoms with Crippen LogP contribution in [0.4, 0.5) is 18.9 Å². The van der Waals surface area contributed by atoms with Crippen molar-refractivity contribution in [2.24, 2.45) is 7.05 Å². The summed E-state index contributed by atoms with van der Waals surface area (Å²) < 4.78 is 42.9. The van der Waals surface area contributed by atoms with Crippen LogP contribution in [0.3, 0.4) is 0 Å². The maximum Gasteiger partial charge on any atom is 0.422 e. The topological polar surface area (TPSA) is 52.0 Å². The molecule has 1 aromatic heterocycles. The number of aromatic nitrogens is 3. The van der Waals surface area contributed by atoms with Crippen LogP contribution in [0, 0.1) is 0 Å². The Bertz CT molecular complexity index is 568. The number of aryl methyl sites for hydroxylation is 1.